The second kappa shape index (κ2) is 3.65. The number of ether oxygens (including phenoxy) is 1. The number of rotatable bonds is 2. The molecule has 67 valence electrons. The Hall–Kier alpha value is -1.24. The molecular weight excluding hydrogens is 160 g/mol. The van der Waals surface area contributed by atoms with Gasteiger partial charge < -0.3 is 4.74 Å². The van der Waals surface area contributed by atoms with E-state index < -0.39 is 0 Å². The zero-order valence-electron chi connectivity index (χ0n) is 7.57. The highest BCUT2D eigenvalue weighted by Crippen LogP contribution is 2.26. The zero-order chi connectivity index (χ0) is 9.10. The van der Waals surface area contributed by atoms with Gasteiger partial charge in [-0.25, -0.2) is 0 Å². The monoisotopic (exact) mass is 173 g/mol. The first-order valence-corrected chi connectivity index (χ1v) is 4.63. The minimum atomic E-state index is 0.215. The summed E-state index contributed by atoms with van der Waals surface area (Å²) in [6.45, 7) is 3.82. The van der Waals surface area contributed by atoms with Crippen LogP contribution >= 0.6 is 0 Å². The van der Waals surface area contributed by atoms with Crippen molar-refractivity contribution >= 4 is 6.08 Å². The fourth-order valence-electron chi connectivity index (χ4n) is 1.50. The summed E-state index contributed by atoms with van der Waals surface area (Å²) in [6.07, 6.45) is 6.35. The van der Waals surface area contributed by atoms with Crippen molar-refractivity contribution in [1.29, 1.82) is 0 Å². The van der Waals surface area contributed by atoms with Gasteiger partial charge in [0.1, 0.15) is 11.9 Å². The molecule has 0 aromatic heterocycles. The van der Waals surface area contributed by atoms with Crippen molar-refractivity contribution in [3.05, 3.63) is 42.8 Å². The molecule has 1 aromatic carbocycles. The van der Waals surface area contributed by atoms with Crippen molar-refractivity contribution in [2.45, 2.75) is 18.9 Å². The lowest BCUT2D eigenvalue weighted by molar-refractivity contribution is 0.236. The molecule has 0 fully saturated rings. The Kier molecular flexibility index (Phi) is 2.35. The third kappa shape index (κ3) is 1.74. The van der Waals surface area contributed by atoms with E-state index in [1.54, 1.807) is 0 Å². The van der Waals surface area contributed by atoms with Gasteiger partial charge in [-0.15, -0.1) is 0 Å². The molecule has 1 heterocycles. The molecule has 1 aromatic rings. The maximum absolute atomic E-state index is 5.75. The van der Waals surface area contributed by atoms with Crippen LogP contribution in [-0.2, 0) is 0 Å². The molecule has 1 unspecified atom stereocenters. The van der Waals surface area contributed by atoms with Gasteiger partial charge in [0.15, 0.2) is 0 Å². The van der Waals surface area contributed by atoms with Gasteiger partial charge in [0.2, 0.25) is 0 Å². The molecule has 0 N–H and O–H groups in total. The molecule has 0 bridgehead atoms. The molecule has 1 atom stereocenters. The van der Waals surface area contributed by atoms with Crippen LogP contribution in [0.2, 0.25) is 0 Å². The maximum atomic E-state index is 5.75. The van der Waals surface area contributed by atoms with Gasteiger partial charge in [-0.1, -0.05) is 31.2 Å². The zero-order valence-corrected chi connectivity index (χ0v) is 7.57. The molecule has 1 nitrogen and oxygen atoms in total. The van der Waals surface area contributed by atoms with Gasteiger partial charge in [-0.2, -0.15) is 0 Å². The van der Waals surface area contributed by atoms with E-state index in [1.165, 1.54) is 5.56 Å². The predicted molar refractivity (Wildman–Crippen MR) is 54.5 cm³/mol. The van der Waals surface area contributed by atoms with Gasteiger partial charge in [-0.05, 0) is 25.0 Å². The van der Waals surface area contributed by atoms with E-state index in [9.17, 15) is 0 Å². The van der Waals surface area contributed by atoms with Crippen molar-refractivity contribution in [3.8, 4) is 5.75 Å². The summed E-state index contributed by atoms with van der Waals surface area (Å²) in [5.41, 5.74) is 1.17. The summed E-state index contributed by atoms with van der Waals surface area (Å²) < 4.78 is 5.75. The molecule has 1 radical (unpaired) electrons. The lowest BCUT2D eigenvalue weighted by Crippen LogP contribution is -2.16. The molecule has 1 aliphatic heterocycles. The van der Waals surface area contributed by atoms with E-state index in [0.29, 0.717) is 0 Å². The van der Waals surface area contributed by atoms with E-state index in [-0.39, 0.29) is 6.10 Å². The van der Waals surface area contributed by atoms with Crippen molar-refractivity contribution in [2.75, 3.05) is 0 Å². The predicted octanol–water partition coefficient (Wildman–Crippen LogP) is 3.08. The Morgan fingerprint density at radius 2 is 2.15 bits per heavy atom. The molecule has 0 amide bonds. The number of para-hydroxylation sites is 1. The Balaban J connectivity index is 2.19. The number of hydrogen-bond donors (Lipinski definition) is 0. The Labute approximate surface area is 79.0 Å². The van der Waals surface area contributed by atoms with Crippen LogP contribution in [0.4, 0.5) is 0 Å². The molecule has 0 saturated carbocycles. The van der Waals surface area contributed by atoms with Crippen LogP contribution in [-0.4, -0.2) is 6.10 Å². The highest BCUT2D eigenvalue weighted by atomic mass is 16.5. The number of hydrogen-bond acceptors (Lipinski definition) is 1. The van der Waals surface area contributed by atoms with Crippen LogP contribution in [0, 0.1) is 6.92 Å². The van der Waals surface area contributed by atoms with Crippen molar-refractivity contribution in [1.82, 2.24) is 0 Å². The number of benzene rings is 1. The van der Waals surface area contributed by atoms with Gasteiger partial charge in [0.25, 0.3) is 0 Å². The van der Waals surface area contributed by atoms with E-state index in [4.69, 9.17) is 4.74 Å². The molecule has 13 heavy (non-hydrogen) atoms. The lowest BCUT2D eigenvalue weighted by atomic mass is 10.1. The largest absolute Gasteiger partial charge is 0.486 e. The highest BCUT2D eigenvalue weighted by Gasteiger charge is 2.12. The van der Waals surface area contributed by atoms with Crippen LogP contribution < -0.4 is 4.74 Å². The molecule has 1 heteroatoms. The molecule has 0 aliphatic carbocycles. The summed E-state index contributed by atoms with van der Waals surface area (Å²) in [5.74, 6) is 0.989. The summed E-state index contributed by atoms with van der Waals surface area (Å²) in [5, 5.41) is 0. The maximum Gasteiger partial charge on any atom is 0.127 e. The Bertz CT molecular complexity index is 315. The van der Waals surface area contributed by atoms with Gasteiger partial charge in [0.05, 0.1) is 0 Å². The van der Waals surface area contributed by atoms with Gasteiger partial charge in [0, 0.05) is 5.56 Å². The van der Waals surface area contributed by atoms with Crippen LogP contribution in [0.3, 0.4) is 0 Å². The average molecular weight is 173 g/mol. The summed E-state index contributed by atoms with van der Waals surface area (Å²) in [7, 11) is 0. The smallest absolute Gasteiger partial charge is 0.127 e. The van der Waals surface area contributed by atoms with Crippen LogP contribution in [0.25, 0.3) is 6.08 Å². The fourth-order valence-corrected chi connectivity index (χ4v) is 1.50. The summed E-state index contributed by atoms with van der Waals surface area (Å²) >= 11 is 0. The highest BCUT2D eigenvalue weighted by molar-refractivity contribution is 5.59. The Morgan fingerprint density at radius 3 is 3.00 bits per heavy atom. The number of fused-ring (bicyclic) bond motifs is 1. The van der Waals surface area contributed by atoms with Crippen molar-refractivity contribution < 1.29 is 4.74 Å². The first kappa shape index (κ1) is 8.36. The van der Waals surface area contributed by atoms with E-state index in [0.717, 1.165) is 18.6 Å². The van der Waals surface area contributed by atoms with Crippen molar-refractivity contribution in [3.63, 3.8) is 0 Å². The average Bonchev–Trinajstić information content (AvgIpc) is 2.18. The third-order valence-corrected chi connectivity index (χ3v) is 2.18. The summed E-state index contributed by atoms with van der Waals surface area (Å²) in [4.78, 5) is 0. The second-order valence-corrected chi connectivity index (χ2v) is 3.20. The molecule has 0 spiro atoms. The topological polar surface area (TPSA) is 9.23 Å². The van der Waals surface area contributed by atoms with Gasteiger partial charge in [-0.3, -0.25) is 0 Å². The Morgan fingerprint density at radius 1 is 1.31 bits per heavy atom. The third-order valence-electron chi connectivity index (χ3n) is 2.18. The van der Waals surface area contributed by atoms with Crippen LogP contribution in [0.15, 0.2) is 30.3 Å². The molecule has 2 rings (SSSR count). The van der Waals surface area contributed by atoms with Gasteiger partial charge >= 0.3 is 0 Å². The minimum Gasteiger partial charge on any atom is -0.486 e. The SMILES string of the molecule is [CH2]CCC1C=Cc2ccccc2O1. The van der Waals surface area contributed by atoms with E-state index in [1.807, 2.05) is 18.2 Å². The fraction of sp³-hybridized carbons (Fsp3) is 0.250. The lowest BCUT2D eigenvalue weighted by Gasteiger charge is -2.20. The normalized spacial score (nSPS) is 19.3. The van der Waals surface area contributed by atoms with Crippen LogP contribution in [0.5, 0.6) is 5.75 Å². The van der Waals surface area contributed by atoms with Crippen molar-refractivity contribution in [2.24, 2.45) is 0 Å². The molecule has 0 saturated heterocycles. The molecule has 1 aliphatic rings. The van der Waals surface area contributed by atoms with E-state index in [2.05, 4.69) is 25.1 Å². The van der Waals surface area contributed by atoms with E-state index >= 15 is 0 Å². The van der Waals surface area contributed by atoms with Crippen LogP contribution in [0.1, 0.15) is 18.4 Å². The first-order valence-electron chi connectivity index (χ1n) is 4.63. The quantitative estimate of drug-likeness (QED) is 0.667. The minimum absolute atomic E-state index is 0.215. The molecular formula is C12H13O. The summed E-state index contributed by atoms with van der Waals surface area (Å²) in [6, 6.07) is 8.09. The second-order valence-electron chi connectivity index (χ2n) is 3.20. The first-order chi connectivity index (χ1) is 6.40. The standard InChI is InChI=1S/C12H13O/c1-2-5-11-9-8-10-6-3-4-7-12(10)13-11/h3-4,6-9,11H,1-2,5H2.